The van der Waals surface area contributed by atoms with E-state index in [9.17, 15) is 9.90 Å². The van der Waals surface area contributed by atoms with Crippen molar-refractivity contribution in [2.24, 2.45) is 5.73 Å². The molecule has 106 valence electrons. The number of carboxylic acid groups (broad SMARTS) is 1. The number of nitrogens with two attached hydrogens (primary N) is 1. The van der Waals surface area contributed by atoms with Crippen LogP contribution >= 0.6 is 11.6 Å². The number of hydrogen-bond donors (Lipinski definition) is 2. The number of aromatic carboxylic acids is 1. The fourth-order valence-electron chi connectivity index (χ4n) is 1.99. The largest absolute Gasteiger partial charge is 0.477 e. The molecule has 0 aliphatic heterocycles. The topological polar surface area (TPSA) is 94.0 Å². The van der Waals surface area contributed by atoms with Crippen molar-refractivity contribution in [3.8, 4) is 11.3 Å². The Hall–Kier alpha value is -1.92. The summed E-state index contributed by atoms with van der Waals surface area (Å²) in [4.78, 5) is 19.3. The van der Waals surface area contributed by atoms with Gasteiger partial charge in [0.15, 0.2) is 0 Å². The lowest BCUT2D eigenvalue weighted by molar-refractivity contribution is 0.0685. The molecule has 20 heavy (non-hydrogen) atoms. The summed E-state index contributed by atoms with van der Waals surface area (Å²) in [5.41, 5.74) is 8.04. The van der Waals surface area contributed by atoms with Gasteiger partial charge in [-0.15, -0.1) is 0 Å². The highest BCUT2D eigenvalue weighted by Gasteiger charge is 2.16. The molecule has 0 aliphatic rings. The molecule has 2 rings (SSSR count). The van der Waals surface area contributed by atoms with Gasteiger partial charge in [-0.1, -0.05) is 0 Å². The maximum absolute atomic E-state index is 11.3. The van der Waals surface area contributed by atoms with Crippen molar-refractivity contribution in [1.82, 2.24) is 14.5 Å². The molecule has 1 unspecified atom stereocenters. The minimum atomic E-state index is -1.00. The zero-order valence-corrected chi connectivity index (χ0v) is 11.9. The van der Waals surface area contributed by atoms with Gasteiger partial charge in [-0.05, 0) is 37.1 Å². The van der Waals surface area contributed by atoms with Crippen LogP contribution in [0.3, 0.4) is 0 Å². The number of halogens is 1. The highest BCUT2D eigenvalue weighted by molar-refractivity contribution is 6.28. The fraction of sp³-hybridized carbons (Fsp3) is 0.308. The fourth-order valence-corrected chi connectivity index (χ4v) is 2.13. The van der Waals surface area contributed by atoms with E-state index in [1.165, 1.54) is 0 Å². The van der Waals surface area contributed by atoms with Crippen LogP contribution < -0.4 is 5.73 Å². The van der Waals surface area contributed by atoms with Crippen molar-refractivity contribution in [2.75, 3.05) is 0 Å². The van der Waals surface area contributed by atoms with Gasteiger partial charge in [0.05, 0.1) is 5.69 Å². The van der Waals surface area contributed by atoms with E-state index in [1.54, 1.807) is 23.0 Å². The average molecular weight is 295 g/mol. The summed E-state index contributed by atoms with van der Waals surface area (Å²) in [5, 5.41) is 9.37. The monoisotopic (exact) mass is 294 g/mol. The van der Waals surface area contributed by atoms with Crippen LogP contribution in [-0.2, 0) is 6.54 Å². The third-order valence-electron chi connectivity index (χ3n) is 2.82. The van der Waals surface area contributed by atoms with Crippen LogP contribution in [0.1, 0.15) is 23.0 Å². The van der Waals surface area contributed by atoms with Crippen LogP contribution in [0.2, 0.25) is 5.28 Å². The van der Waals surface area contributed by atoms with Gasteiger partial charge in [0.1, 0.15) is 5.69 Å². The van der Waals surface area contributed by atoms with Gasteiger partial charge in [-0.3, -0.25) is 0 Å². The van der Waals surface area contributed by atoms with E-state index in [4.69, 9.17) is 17.3 Å². The first-order valence-corrected chi connectivity index (χ1v) is 6.45. The number of rotatable bonds is 4. The number of aryl methyl sites for hydroxylation is 1. The molecule has 3 N–H and O–H groups in total. The van der Waals surface area contributed by atoms with Crippen LogP contribution in [0.15, 0.2) is 18.5 Å². The van der Waals surface area contributed by atoms with E-state index in [-0.39, 0.29) is 17.0 Å². The minimum absolute atomic E-state index is 0.127. The maximum Gasteiger partial charge on any atom is 0.352 e. The molecule has 0 aliphatic carbocycles. The van der Waals surface area contributed by atoms with E-state index in [0.717, 1.165) is 5.56 Å². The highest BCUT2D eigenvalue weighted by Crippen LogP contribution is 2.24. The molecule has 0 amide bonds. The van der Waals surface area contributed by atoms with Crippen LogP contribution in [0.25, 0.3) is 11.3 Å². The Morgan fingerprint density at radius 2 is 2.30 bits per heavy atom. The Morgan fingerprint density at radius 3 is 2.90 bits per heavy atom. The third-order valence-corrected chi connectivity index (χ3v) is 3.00. The van der Waals surface area contributed by atoms with E-state index in [0.29, 0.717) is 17.8 Å². The summed E-state index contributed by atoms with van der Waals surface area (Å²) in [6.07, 6.45) is 3.33. The summed E-state index contributed by atoms with van der Waals surface area (Å²) in [5.74, 6) is -1.00. The predicted octanol–water partition coefficient (Wildman–Crippen LogP) is 1.95. The standard InChI is InChI=1S/C13H15ClN4O2/c1-7-4-16-13(14)17-11(7)9-3-10(12(19)20)18(6-9)5-8(2)15/h3-4,6,8H,5,15H2,1-2H3,(H,19,20). The predicted molar refractivity (Wildman–Crippen MR) is 75.8 cm³/mol. The van der Waals surface area contributed by atoms with Gasteiger partial charge in [0.2, 0.25) is 5.28 Å². The van der Waals surface area contributed by atoms with Crippen molar-refractivity contribution >= 4 is 17.6 Å². The van der Waals surface area contributed by atoms with Gasteiger partial charge in [0.25, 0.3) is 0 Å². The van der Waals surface area contributed by atoms with E-state index >= 15 is 0 Å². The number of carbonyl (C=O) groups is 1. The molecule has 0 saturated heterocycles. The lowest BCUT2D eigenvalue weighted by atomic mass is 10.1. The van der Waals surface area contributed by atoms with Crippen LogP contribution in [-0.4, -0.2) is 31.7 Å². The second kappa shape index (κ2) is 5.60. The SMILES string of the molecule is Cc1cnc(Cl)nc1-c1cc(C(=O)O)n(CC(C)N)c1. The average Bonchev–Trinajstić information content (AvgIpc) is 2.75. The van der Waals surface area contributed by atoms with Crippen LogP contribution in [0, 0.1) is 6.92 Å². The molecule has 2 aromatic heterocycles. The summed E-state index contributed by atoms with van der Waals surface area (Å²) >= 11 is 5.79. The molecular weight excluding hydrogens is 280 g/mol. The molecule has 6 nitrogen and oxygen atoms in total. The van der Waals surface area contributed by atoms with E-state index in [2.05, 4.69) is 9.97 Å². The summed E-state index contributed by atoms with van der Waals surface area (Å²) < 4.78 is 1.61. The molecule has 0 aromatic carbocycles. The molecule has 1 atom stereocenters. The molecule has 0 fully saturated rings. The van der Waals surface area contributed by atoms with Crippen molar-refractivity contribution in [3.63, 3.8) is 0 Å². The van der Waals surface area contributed by atoms with Gasteiger partial charge in [0, 0.05) is 30.5 Å². The molecular formula is C13H15ClN4O2. The lowest BCUT2D eigenvalue weighted by Gasteiger charge is -2.08. The van der Waals surface area contributed by atoms with Crippen molar-refractivity contribution in [3.05, 3.63) is 35.0 Å². The van der Waals surface area contributed by atoms with E-state index < -0.39 is 5.97 Å². The third kappa shape index (κ3) is 2.97. The molecule has 0 bridgehead atoms. The van der Waals surface area contributed by atoms with E-state index in [1.807, 2.05) is 13.8 Å². The molecule has 7 heteroatoms. The Labute approximate surface area is 121 Å². The molecule has 2 heterocycles. The molecule has 2 aromatic rings. The molecule has 0 radical (unpaired) electrons. The van der Waals surface area contributed by atoms with Crippen molar-refractivity contribution in [1.29, 1.82) is 0 Å². The highest BCUT2D eigenvalue weighted by atomic mass is 35.5. The zero-order valence-electron chi connectivity index (χ0n) is 11.2. The minimum Gasteiger partial charge on any atom is -0.477 e. The van der Waals surface area contributed by atoms with Crippen molar-refractivity contribution < 1.29 is 9.90 Å². The first kappa shape index (κ1) is 14.5. The second-order valence-electron chi connectivity index (χ2n) is 4.72. The Kier molecular flexibility index (Phi) is 4.06. The first-order chi connectivity index (χ1) is 9.38. The number of nitrogens with zero attached hydrogens (tertiary/aromatic N) is 3. The van der Waals surface area contributed by atoms with Gasteiger partial charge >= 0.3 is 5.97 Å². The Morgan fingerprint density at radius 1 is 1.60 bits per heavy atom. The Bertz CT molecular complexity index is 652. The zero-order chi connectivity index (χ0) is 14.9. The summed E-state index contributed by atoms with van der Waals surface area (Å²) in [6.45, 7) is 4.08. The number of hydrogen-bond acceptors (Lipinski definition) is 4. The van der Waals surface area contributed by atoms with Crippen molar-refractivity contribution in [2.45, 2.75) is 26.4 Å². The molecule has 0 saturated carbocycles. The van der Waals surface area contributed by atoms with Crippen LogP contribution in [0.5, 0.6) is 0 Å². The quantitative estimate of drug-likeness (QED) is 0.841. The van der Waals surface area contributed by atoms with Gasteiger partial charge < -0.3 is 15.4 Å². The Balaban J connectivity index is 2.52. The lowest BCUT2D eigenvalue weighted by Crippen LogP contribution is -2.23. The summed E-state index contributed by atoms with van der Waals surface area (Å²) in [7, 11) is 0. The maximum atomic E-state index is 11.3. The van der Waals surface area contributed by atoms with Gasteiger partial charge in [-0.2, -0.15) is 0 Å². The molecule has 0 spiro atoms. The smallest absolute Gasteiger partial charge is 0.352 e. The van der Waals surface area contributed by atoms with Crippen LogP contribution in [0.4, 0.5) is 0 Å². The summed E-state index contributed by atoms with van der Waals surface area (Å²) in [6, 6.07) is 1.42. The van der Waals surface area contributed by atoms with Gasteiger partial charge in [-0.25, -0.2) is 14.8 Å². The first-order valence-electron chi connectivity index (χ1n) is 6.07. The second-order valence-corrected chi connectivity index (χ2v) is 5.06. The number of carboxylic acids is 1. The normalized spacial score (nSPS) is 12.4. The number of aromatic nitrogens is 3.